The third-order valence-electron chi connectivity index (χ3n) is 3.08. The van der Waals surface area contributed by atoms with Crippen LogP contribution in [0.4, 0.5) is 17.3 Å². The van der Waals surface area contributed by atoms with Crippen LogP contribution in [0.5, 0.6) is 5.75 Å². The van der Waals surface area contributed by atoms with Crippen molar-refractivity contribution in [2.45, 2.75) is 33.1 Å². The van der Waals surface area contributed by atoms with Gasteiger partial charge in [0.05, 0.1) is 6.61 Å². The summed E-state index contributed by atoms with van der Waals surface area (Å²) in [4.78, 5) is 8.35. The Morgan fingerprint density at radius 2 is 1.90 bits per heavy atom. The number of nitrogens with two attached hydrogens (primary N) is 1. The van der Waals surface area contributed by atoms with E-state index in [0.717, 1.165) is 35.8 Å². The molecule has 0 unspecified atom stereocenters. The molecule has 21 heavy (non-hydrogen) atoms. The lowest BCUT2D eigenvalue weighted by molar-refractivity contribution is 0.317. The van der Waals surface area contributed by atoms with Gasteiger partial charge in [0.25, 0.3) is 0 Å². The highest BCUT2D eigenvalue weighted by atomic mass is 16.5. The van der Waals surface area contributed by atoms with Crippen LogP contribution >= 0.6 is 0 Å². The molecule has 0 fully saturated rings. The maximum absolute atomic E-state index is 5.94. The second kappa shape index (κ2) is 6.92. The molecular weight excluding hydrogens is 264 g/mol. The monoisotopic (exact) mass is 286 g/mol. The topological polar surface area (TPSA) is 73.1 Å². The van der Waals surface area contributed by atoms with Crippen LogP contribution in [0, 0.1) is 0 Å². The van der Waals surface area contributed by atoms with Crippen molar-refractivity contribution in [3.63, 3.8) is 0 Å². The van der Waals surface area contributed by atoms with Crippen molar-refractivity contribution >= 4 is 17.3 Å². The zero-order valence-corrected chi connectivity index (χ0v) is 12.8. The van der Waals surface area contributed by atoms with Gasteiger partial charge in [-0.2, -0.15) is 0 Å². The number of ether oxygens (including phenoxy) is 1. The van der Waals surface area contributed by atoms with Crippen LogP contribution < -0.4 is 15.8 Å². The van der Waals surface area contributed by atoms with Crippen molar-refractivity contribution < 1.29 is 4.74 Å². The molecule has 1 aromatic carbocycles. The fraction of sp³-hybridized carbons (Fsp3) is 0.375. The van der Waals surface area contributed by atoms with Gasteiger partial charge in [-0.25, -0.2) is 9.97 Å². The molecule has 0 spiro atoms. The van der Waals surface area contributed by atoms with Crippen LogP contribution in [0.1, 0.15) is 38.7 Å². The summed E-state index contributed by atoms with van der Waals surface area (Å²) in [5.74, 6) is 2.39. The Bertz CT molecular complexity index is 581. The lowest BCUT2D eigenvalue weighted by atomic mass is 10.0. The first-order valence-corrected chi connectivity index (χ1v) is 7.22. The van der Waals surface area contributed by atoms with Gasteiger partial charge in [-0.15, -0.1) is 0 Å². The van der Waals surface area contributed by atoms with E-state index in [0.29, 0.717) is 5.82 Å². The van der Waals surface area contributed by atoms with Crippen molar-refractivity contribution in [2.24, 2.45) is 0 Å². The van der Waals surface area contributed by atoms with E-state index in [-0.39, 0.29) is 5.92 Å². The average molecular weight is 286 g/mol. The highest BCUT2D eigenvalue weighted by Gasteiger charge is 2.13. The van der Waals surface area contributed by atoms with E-state index in [4.69, 9.17) is 10.5 Å². The molecule has 0 saturated carbocycles. The Morgan fingerprint density at radius 1 is 1.19 bits per heavy atom. The van der Waals surface area contributed by atoms with Crippen LogP contribution in [0.15, 0.2) is 30.6 Å². The van der Waals surface area contributed by atoms with Crippen molar-refractivity contribution in [2.75, 3.05) is 17.7 Å². The summed E-state index contributed by atoms with van der Waals surface area (Å²) in [6.07, 6.45) is 2.47. The van der Waals surface area contributed by atoms with Crippen LogP contribution in [-0.4, -0.2) is 16.6 Å². The van der Waals surface area contributed by atoms with E-state index >= 15 is 0 Å². The number of hydrogen-bond acceptors (Lipinski definition) is 5. The lowest BCUT2D eigenvalue weighted by Crippen LogP contribution is -2.06. The molecule has 0 bridgehead atoms. The van der Waals surface area contributed by atoms with Gasteiger partial charge < -0.3 is 15.8 Å². The summed E-state index contributed by atoms with van der Waals surface area (Å²) in [5, 5.41) is 3.29. The summed E-state index contributed by atoms with van der Waals surface area (Å²) in [6, 6.07) is 7.82. The van der Waals surface area contributed by atoms with Gasteiger partial charge in [-0.3, -0.25) is 0 Å². The molecule has 1 heterocycles. The highest BCUT2D eigenvalue weighted by molar-refractivity contribution is 5.65. The number of rotatable bonds is 6. The highest BCUT2D eigenvalue weighted by Crippen LogP contribution is 2.29. The minimum absolute atomic E-state index is 0.251. The van der Waals surface area contributed by atoms with Gasteiger partial charge in [-0.1, -0.05) is 20.8 Å². The molecule has 0 radical (unpaired) electrons. The number of hydrogen-bond donors (Lipinski definition) is 2. The minimum Gasteiger partial charge on any atom is -0.494 e. The molecule has 0 saturated heterocycles. The number of nitrogens with one attached hydrogen (secondary N) is 1. The van der Waals surface area contributed by atoms with Crippen molar-refractivity contribution in [1.82, 2.24) is 9.97 Å². The Balaban J connectivity index is 2.17. The first kappa shape index (κ1) is 15.1. The maximum atomic E-state index is 5.94. The summed E-state index contributed by atoms with van der Waals surface area (Å²) in [6.45, 7) is 6.96. The quantitative estimate of drug-likeness (QED) is 0.846. The SMILES string of the molecule is CCCOc1ccc(Nc2ncnc(N)c2C(C)C)cc1. The standard InChI is InChI=1S/C16H22N4O/c1-4-9-21-13-7-5-12(6-8-13)20-16-14(11(2)3)15(17)18-10-19-16/h5-8,10-11H,4,9H2,1-3H3,(H3,17,18,19,20). The van der Waals surface area contributed by atoms with E-state index in [1.807, 2.05) is 24.3 Å². The second-order valence-corrected chi connectivity index (χ2v) is 5.17. The van der Waals surface area contributed by atoms with E-state index < -0.39 is 0 Å². The van der Waals surface area contributed by atoms with Gasteiger partial charge in [-0.05, 0) is 36.6 Å². The van der Waals surface area contributed by atoms with Gasteiger partial charge >= 0.3 is 0 Å². The third kappa shape index (κ3) is 3.84. The first-order chi connectivity index (χ1) is 10.1. The molecule has 0 amide bonds. The van der Waals surface area contributed by atoms with Gasteiger partial charge in [0.15, 0.2) is 0 Å². The van der Waals surface area contributed by atoms with Crippen molar-refractivity contribution in [3.05, 3.63) is 36.2 Å². The summed E-state index contributed by atoms with van der Waals surface area (Å²) in [7, 11) is 0. The Hall–Kier alpha value is -2.30. The fourth-order valence-corrected chi connectivity index (χ4v) is 2.07. The predicted molar refractivity (Wildman–Crippen MR) is 86.0 cm³/mol. The first-order valence-electron chi connectivity index (χ1n) is 7.22. The molecule has 2 aromatic rings. The van der Waals surface area contributed by atoms with Gasteiger partial charge in [0.2, 0.25) is 0 Å². The van der Waals surface area contributed by atoms with Crippen LogP contribution in [0.2, 0.25) is 0 Å². The molecule has 2 rings (SSSR count). The van der Waals surface area contributed by atoms with E-state index in [2.05, 4.69) is 36.1 Å². The van der Waals surface area contributed by atoms with Crippen molar-refractivity contribution in [1.29, 1.82) is 0 Å². The Morgan fingerprint density at radius 3 is 2.52 bits per heavy atom. The smallest absolute Gasteiger partial charge is 0.139 e. The normalized spacial score (nSPS) is 10.7. The Labute approximate surface area is 125 Å². The number of benzene rings is 1. The molecule has 0 atom stereocenters. The fourth-order valence-electron chi connectivity index (χ4n) is 2.07. The van der Waals surface area contributed by atoms with E-state index in [1.54, 1.807) is 0 Å². The number of anilines is 3. The third-order valence-corrected chi connectivity index (χ3v) is 3.08. The average Bonchev–Trinajstić information content (AvgIpc) is 2.46. The van der Waals surface area contributed by atoms with Crippen molar-refractivity contribution in [3.8, 4) is 5.75 Å². The lowest BCUT2D eigenvalue weighted by Gasteiger charge is -2.15. The summed E-state index contributed by atoms with van der Waals surface area (Å²) in [5.41, 5.74) is 7.82. The summed E-state index contributed by atoms with van der Waals surface area (Å²) < 4.78 is 5.57. The molecule has 112 valence electrons. The van der Waals surface area contributed by atoms with Crippen LogP contribution in [-0.2, 0) is 0 Å². The molecule has 1 aromatic heterocycles. The van der Waals surface area contributed by atoms with Gasteiger partial charge in [0.1, 0.15) is 23.7 Å². The molecule has 0 aliphatic rings. The number of aromatic nitrogens is 2. The second-order valence-electron chi connectivity index (χ2n) is 5.17. The van der Waals surface area contributed by atoms with Crippen LogP contribution in [0.25, 0.3) is 0 Å². The maximum Gasteiger partial charge on any atom is 0.139 e. The van der Waals surface area contributed by atoms with Gasteiger partial charge in [0, 0.05) is 11.3 Å². The molecular formula is C16H22N4O. The minimum atomic E-state index is 0.251. The predicted octanol–water partition coefficient (Wildman–Crippen LogP) is 3.71. The molecule has 0 aliphatic carbocycles. The molecule has 5 heteroatoms. The molecule has 0 aliphatic heterocycles. The summed E-state index contributed by atoms with van der Waals surface area (Å²) >= 11 is 0. The van der Waals surface area contributed by atoms with E-state index in [9.17, 15) is 0 Å². The van der Waals surface area contributed by atoms with E-state index in [1.165, 1.54) is 6.33 Å². The zero-order valence-electron chi connectivity index (χ0n) is 12.8. The molecule has 5 nitrogen and oxygen atoms in total. The Kier molecular flexibility index (Phi) is 4.98. The number of nitrogens with zero attached hydrogens (tertiary/aromatic N) is 2. The largest absolute Gasteiger partial charge is 0.494 e. The molecule has 3 N–H and O–H groups in total. The number of nitrogen functional groups attached to an aromatic ring is 1. The van der Waals surface area contributed by atoms with Crippen LogP contribution in [0.3, 0.4) is 0 Å². The zero-order chi connectivity index (χ0) is 15.2.